The maximum atomic E-state index is 13.6. The van der Waals surface area contributed by atoms with Gasteiger partial charge in [0, 0.05) is 19.4 Å². The molecule has 1 aromatic heterocycles. The maximum Gasteiger partial charge on any atom is 0.234 e. The molecule has 140 valence electrons. The summed E-state index contributed by atoms with van der Waals surface area (Å²) in [6.45, 7) is 2.36. The largest absolute Gasteiger partial charge is 0.370 e. The Labute approximate surface area is 151 Å². The van der Waals surface area contributed by atoms with Gasteiger partial charge in [-0.3, -0.25) is 9.59 Å². The van der Waals surface area contributed by atoms with E-state index in [4.69, 9.17) is 5.73 Å². The number of hydrogen-bond acceptors (Lipinski definition) is 5. The van der Waals surface area contributed by atoms with Gasteiger partial charge in [0.05, 0.1) is 11.4 Å². The number of rotatable bonds is 8. The molecule has 26 heavy (non-hydrogen) atoms. The third kappa shape index (κ3) is 4.75. The lowest BCUT2D eigenvalue weighted by Gasteiger charge is -2.08. The number of nitrogens with zero attached hydrogens (tertiary/aromatic N) is 3. The van der Waals surface area contributed by atoms with Crippen LogP contribution in [0.3, 0.4) is 0 Å². The van der Waals surface area contributed by atoms with Gasteiger partial charge in [-0.2, -0.15) is 0 Å². The molecule has 0 atom stereocenters. The number of thioether (sulfide) groups is 1. The molecule has 0 bridgehead atoms. The van der Waals surface area contributed by atoms with E-state index in [1.54, 1.807) is 4.57 Å². The highest BCUT2D eigenvalue weighted by atomic mass is 32.2. The minimum Gasteiger partial charge on any atom is -0.370 e. The van der Waals surface area contributed by atoms with E-state index in [0.29, 0.717) is 23.9 Å². The number of nitrogens with one attached hydrogen (secondary N) is 1. The lowest BCUT2D eigenvalue weighted by Crippen LogP contribution is -2.16. The molecule has 2 aromatic rings. The molecular weight excluding hydrogens is 371 g/mol. The van der Waals surface area contributed by atoms with Crippen molar-refractivity contribution in [3.8, 4) is 0 Å². The summed E-state index contributed by atoms with van der Waals surface area (Å²) in [6, 6.07) is 1.66. The zero-order chi connectivity index (χ0) is 19.3. The molecule has 3 N–H and O–H groups in total. The Hall–Kier alpha value is -2.56. The van der Waals surface area contributed by atoms with Crippen LogP contribution in [0, 0.1) is 17.5 Å². The molecule has 0 aliphatic carbocycles. The summed E-state index contributed by atoms with van der Waals surface area (Å²) in [4.78, 5) is 22.8. The lowest BCUT2D eigenvalue weighted by atomic mass is 10.3. The standard InChI is InChI=1S/C15H16F3N5O2S/c1-2-23-11(6-5-10(19)24)21-22-15(23)26-7-12(25)20-9-4-3-8(16)13(17)14(9)18/h3-4H,2,5-7H2,1H3,(H2,19,24)(H,20,25). The Morgan fingerprint density at radius 2 is 1.96 bits per heavy atom. The van der Waals surface area contributed by atoms with E-state index in [0.717, 1.165) is 23.9 Å². The molecular formula is C15H16F3N5O2S. The molecule has 1 heterocycles. The number of carbonyl (C=O) groups excluding carboxylic acids is 2. The van der Waals surface area contributed by atoms with Gasteiger partial charge in [-0.05, 0) is 19.1 Å². The number of aromatic nitrogens is 3. The van der Waals surface area contributed by atoms with Crippen LogP contribution in [0.15, 0.2) is 17.3 Å². The lowest BCUT2D eigenvalue weighted by molar-refractivity contribution is -0.118. The third-order valence-electron chi connectivity index (χ3n) is 3.35. The van der Waals surface area contributed by atoms with Crippen LogP contribution in [0.1, 0.15) is 19.2 Å². The summed E-state index contributed by atoms with van der Waals surface area (Å²) in [7, 11) is 0. The Kier molecular flexibility index (Phi) is 6.61. The van der Waals surface area contributed by atoms with Crippen molar-refractivity contribution in [3.05, 3.63) is 35.4 Å². The van der Waals surface area contributed by atoms with Crippen molar-refractivity contribution in [2.24, 2.45) is 5.73 Å². The number of halogens is 3. The molecule has 0 saturated carbocycles. The number of benzene rings is 1. The van der Waals surface area contributed by atoms with Gasteiger partial charge in [-0.25, -0.2) is 13.2 Å². The highest BCUT2D eigenvalue weighted by molar-refractivity contribution is 7.99. The van der Waals surface area contributed by atoms with Crippen LogP contribution in [0.2, 0.25) is 0 Å². The molecule has 0 aliphatic heterocycles. The van der Waals surface area contributed by atoms with Gasteiger partial charge in [0.1, 0.15) is 5.82 Å². The molecule has 0 saturated heterocycles. The second-order valence-electron chi connectivity index (χ2n) is 5.17. The normalized spacial score (nSPS) is 10.8. The fourth-order valence-corrected chi connectivity index (χ4v) is 2.92. The number of nitrogens with two attached hydrogens (primary N) is 1. The second-order valence-corrected chi connectivity index (χ2v) is 6.11. The van der Waals surface area contributed by atoms with Crippen molar-refractivity contribution < 1.29 is 22.8 Å². The molecule has 7 nitrogen and oxygen atoms in total. The quantitative estimate of drug-likeness (QED) is 0.532. The van der Waals surface area contributed by atoms with E-state index in [2.05, 4.69) is 15.5 Å². The highest BCUT2D eigenvalue weighted by Crippen LogP contribution is 2.21. The molecule has 1 aromatic carbocycles. The minimum atomic E-state index is -1.65. The van der Waals surface area contributed by atoms with Crippen LogP contribution >= 0.6 is 11.8 Å². The molecule has 0 fully saturated rings. The second kappa shape index (κ2) is 8.70. The van der Waals surface area contributed by atoms with Crippen LogP contribution in [0.25, 0.3) is 0 Å². The molecule has 2 rings (SSSR count). The number of hydrogen-bond donors (Lipinski definition) is 2. The van der Waals surface area contributed by atoms with E-state index < -0.39 is 35.0 Å². The van der Waals surface area contributed by atoms with Gasteiger partial charge in [-0.15, -0.1) is 10.2 Å². The molecule has 0 unspecified atom stereocenters. The first-order chi connectivity index (χ1) is 12.3. The maximum absolute atomic E-state index is 13.6. The van der Waals surface area contributed by atoms with E-state index >= 15 is 0 Å². The van der Waals surface area contributed by atoms with Crippen LogP contribution in [-0.2, 0) is 22.6 Å². The number of anilines is 1. The highest BCUT2D eigenvalue weighted by Gasteiger charge is 2.17. The Morgan fingerprint density at radius 3 is 2.62 bits per heavy atom. The number of primary amides is 1. The Bertz CT molecular complexity index is 828. The zero-order valence-corrected chi connectivity index (χ0v) is 14.6. The average Bonchev–Trinajstić information content (AvgIpc) is 3.00. The predicted octanol–water partition coefficient (Wildman–Crippen LogP) is 1.86. The van der Waals surface area contributed by atoms with Crippen molar-refractivity contribution in [1.82, 2.24) is 14.8 Å². The van der Waals surface area contributed by atoms with Gasteiger partial charge in [0.2, 0.25) is 11.8 Å². The molecule has 2 amide bonds. The Balaban J connectivity index is 1.99. The zero-order valence-electron chi connectivity index (χ0n) is 13.8. The number of carbonyl (C=O) groups is 2. The molecule has 0 spiro atoms. The first-order valence-electron chi connectivity index (χ1n) is 7.60. The average molecular weight is 387 g/mol. The molecule has 0 aliphatic rings. The number of amides is 2. The van der Waals surface area contributed by atoms with Crippen molar-refractivity contribution in [1.29, 1.82) is 0 Å². The monoisotopic (exact) mass is 387 g/mol. The van der Waals surface area contributed by atoms with Crippen LogP contribution in [-0.4, -0.2) is 32.3 Å². The van der Waals surface area contributed by atoms with Crippen LogP contribution < -0.4 is 11.1 Å². The van der Waals surface area contributed by atoms with Crippen molar-refractivity contribution in [2.75, 3.05) is 11.1 Å². The summed E-state index contributed by atoms with van der Waals surface area (Å²) in [5, 5.41) is 10.5. The van der Waals surface area contributed by atoms with Crippen LogP contribution in [0.5, 0.6) is 0 Å². The topological polar surface area (TPSA) is 103 Å². The van der Waals surface area contributed by atoms with E-state index in [-0.39, 0.29) is 12.2 Å². The summed E-state index contributed by atoms with van der Waals surface area (Å²) in [5.41, 5.74) is 4.66. The molecule has 0 radical (unpaired) electrons. The number of aryl methyl sites for hydroxylation is 1. The smallest absolute Gasteiger partial charge is 0.234 e. The van der Waals surface area contributed by atoms with Crippen molar-refractivity contribution >= 4 is 29.3 Å². The van der Waals surface area contributed by atoms with Crippen LogP contribution in [0.4, 0.5) is 18.9 Å². The van der Waals surface area contributed by atoms with E-state index in [9.17, 15) is 22.8 Å². The van der Waals surface area contributed by atoms with Crippen molar-refractivity contribution in [2.45, 2.75) is 31.5 Å². The van der Waals surface area contributed by atoms with Crippen molar-refractivity contribution in [3.63, 3.8) is 0 Å². The third-order valence-corrected chi connectivity index (χ3v) is 4.31. The summed E-state index contributed by atoms with van der Waals surface area (Å²) < 4.78 is 41.3. The Morgan fingerprint density at radius 1 is 1.23 bits per heavy atom. The first-order valence-corrected chi connectivity index (χ1v) is 8.58. The SMILES string of the molecule is CCn1c(CCC(N)=O)nnc1SCC(=O)Nc1ccc(F)c(F)c1F. The summed E-state index contributed by atoms with van der Waals surface area (Å²) in [5.74, 6) is -5.13. The van der Waals surface area contributed by atoms with Gasteiger partial charge in [0.25, 0.3) is 0 Å². The fraction of sp³-hybridized carbons (Fsp3) is 0.333. The van der Waals surface area contributed by atoms with E-state index in [1.807, 2.05) is 6.92 Å². The predicted molar refractivity (Wildman–Crippen MR) is 88.9 cm³/mol. The fourth-order valence-electron chi connectivity index (χ4n) is 2.10. The van der Waals surface area contributed by atoms with E-state index in [1.165, 1.54) is 0 Å². The van der Waals surface area contributed by atoms with Gasteiger partial charge in [0.15, 0.2) is 22.6 Å². The minimum absolute atomic E-state index is 0.124. The molecule has 11 heteroatoms. The summed E-state index contributed by atoms with van der Waals surface area (Å²) >= 11 is 1.04. The summed E-state index contributed by atoms with van der Waals surface area (Å²) in [6.07, 6.45) is 0.446. The first kappa shape index (κ1) is 19.8. The van der Waals surface area contributed by atoms with Gasteiger partial charge >= 0.3 is 0 Å². The van der Waals surface area contributed by atoms with Gasteiger partial charge < -0.3 is 15.6 Å². The van der Waals surface area contributed by atoms with Gasteiger partial charge in [-0.1, -0.05) is 11.8 Å².